The third-order valence-corrected chi connectivity index (χ3v) is 9.14. The van der Waals surface area contributed by atoms with Gasteiger partial charge in [-0.15, -0.1) is 24.6 Å². The molecule has 3 aliphatic carbocycles. The molecule has 0 aromatic rings. The Bertz CT molecular complexity index is 749. The lowest BCUT2D eigenvalue weighted by atomic mass is 9.49. The summed E-state index contributed by atoms with van der Waals surface area (Å²) < 4.78 is 25.0. The van der Waals surface area contributed by atoms with Gasteiger partial charge in [0.15, 0.2) is 5.60 Å². The topological polar surface area (TPSA) is 60.6 Å². The first-order valence-corrected chi connectivity index (χ1v) is 12.9. The molecule has 31 heavy (non-hydrogen) atoms. The molecule has 5 nitrogen and oxygen atoms in total. The number of hydrogen-bond acceptors (Lipinski definition) is 6. The number of carbonyl (C=O) groups is 1. The van der Waals surface area contributed by atoms with Gasteiger partial charge in [0.05, 0.1) is 24.3 Å². The molecule has 0 bridgehead atoms. The quantitative estimate of drug-likeness (QED) is 0.191. The first kappa shape index (κ1) is 23.2. The zero-order valence-electron chi connectivity index (χ0n) is 19.2. The highest BCUT2D eigenvalue weighted by molar-refractivity contribution is 7.98. The number of epoxide rings is 2. The zero-order chi connectivity index (χ0) is 22.4. The Morgan fingerprint density at radius 3 is 2.74 bits per heavy atom. The Morgan fingerprint density at radius 1 is 1.29 bits per heavy atom. The fraction of sp³-hybridized carbons (Fsp3) is 0.800. The monoisotopic (exact) mass is 448 g/mol. The van der Waals surface area contributed by atoms with Crippen molar-refractivity contribution in [1.82, 2.24) is 0 Å². The van der Waals surface area contributed by atoms with E-state index in [-0.39, 0.29) is 34.9 Å². The van der Waals surface area contributed by atoms with E-state index in [1.165, 1.54) is 5.57 Å². The fourth-order valence-corrected chi connectivity index (χ4v) is 7.65. The van der Waals surface area contributed by atoms with Crippen molar-refractivity contribution in [1.29, 1.82) is 0 Å². The highest BCUT2D eigenvalue weighted by Crippen LogP contribution is 2.78. The summed E-state index contributed by atoms with van der Waals surface area (Å²) in [7, 11) is 0. The minimum Gasteiger partial charge on any atom is -0.463 e. The average Bonchev–Trinajstić information content (AvgIpc) is 3.66. The standard InChI is InChI=1S/C23H34O5S.C2H2/c1-14(2)17-10-19-23(28-19)21(3)7-5-6-15(11-25-12-24)8-16(21)9-18-22(23,27-18)20(17)26-13-29-4;1-2/h6,12,14,16-20H,5,7-11,13H2,1-4H3;1-2H. The largest absolute Gasteiger partial charge is 0.463 e. The Labute approximate surface area is 191 Å². The van der Waals surface area contributed by atoms with Crippen LogP contribution in [-0.2, 0) is 23.7 Å². The predicted molar refractivity (Wildman–Crippen MR) is 121 cm³/mol. The van der Waals surface area contributed by atoms with Crippen molar-refractivity contribution in [3.05, 3.63) is 11.6 Å². The second-order valence-electron chi connectivity index (χ2n) is 10.2. The summed E-state index contributed by atoms with van der Waals surface area (Å²) in [5, 5.41) is 0. The third-order valence-electron chi connectivity index (χ3n) is 8.77. The zero-order valence-corrected chi connectivity index (χ0v) is 20.0. The van der Waals surface area contributed by atoms with E-state index in [0.29, 0.717) is 36.8 Å². The van der Waals surface area contributed by atoms with Gasteiger partial charge in [0, 0.05) is 5.41 Å². The van der Waals surface area contributed by atoms with Crippen molar-refractivity contribution in [2.75, 3.05) is 18.8 Å². The first-order valence-electron chi connectivity index (χ1n) is 11.5. The van der Waals surface area contributed by atoms with Crippen molar-refractivity contribution >= 4 is 18.2 Å². The van der Waals surface area contributed by atoms with E-state index in [2.05, 4.69) is 45.9 Å². The van der Waals surface area contributed by atoms with Crippen LogP contribution in [0.3, 0.4) is 0 Å². The number of rotatable bonds is 7. The van der Waals surface area contributed by atoms with Crippen molar-refractivity contribution in [3.63, 3.8) is 0 Å². The van der Waals surface area contributed by atoms with E-state index in [1.54, 1.807) is 11.8 Å². The molecule has 4 fully saturated rings. The molecule has 8 unspecified atom stereocenters. The Hall–Kier alpha value is -1.00. The second-order valence-corrected chi connectivity index (χ2v) is 11.1. The van der Waals surface area contributed by atoms with Gasteiger partial charge < -0.3 is 18.9 Å². The molecule has 0 aromatic carbocycles. The van der Waals surface area contributed by atoms with Gasteiger partial charge >= 0.3 is 0 Å². The molecule has 172 valence electrons. The summed E-state index contributed by atoms with van der Waals surface area (Å²) in [6.45, 7) is 8.03. The normalized spacial score (nSPS) is 46.5. The number of fused-ring (bicyclic) bond motifs is 1. The third kappa shape index (κ3) is 3.14. The lowest BCUT2D eigenvalue weighted by Gasteiger charge is -2.53. The van der Waals surface area contributed by atoms with Crippen LogP contribution in [0.15, 0.2) is 11.6 Å². The highest BCUT2D eigenvalue weighted by atomic mass is 32.2. The summed E-state index contributed by atoms with van der Waals surface area (Å²) in [5.41, 5.74) is 0.832. The molecular formula is C25H36O5S. The van der Waals surface area contributed by atoms with Gasteiger partial charge in [-0.25, -0.2) is 0 Å². The van der Waals surface area contributed by atoms with Crippen LogP contribution in [0.5, 0.6) is 0 Å². The van der Waals surface area contributed by atoms with Gasteiger partial charge in [-0.05, 0) is 61.7 Å². The van der Waals surface area contributed by atoms with Gasteiger partial charge in [0.2, 0.25) is 0 Å². The Kier molecular flexibility index (Phi) is 6.28. The highest BCUT2D eigenvalue weighted by Gasteiger charge is 2.92. The lowest BCUT2D eigenvalue weighted by Crippen LogP contribution is -2.66. The summed E-state index contributed by atoms with van der Waals surface area (Å²) >= 11 is 1.74. The van der Waals surface area contributed by atoms with Crippen LogP contribution in [0.4, 0.5) is 0 Å². The number of allylic oxidation sites excluding steroid dienone is 1. The van der Waals surface area contributed by atoms with E-state index in [9.17, 15) is 4.79 Å². The van der Waals surface area contributed by atoms with Crippen LogP contribution in [0, 0.1) is 36.0 Å². The molecular weight excluding hydrogens is 412 g/mol. The maximum Gasteiger partial charge on any atom is 0.293 e. The number of carbonyl (C=O) groups excluding carboxylic acids is 1. The van der Waals surface area contributed by atoms with Crippen LogP contribution in [0.1, 0.15) is 52.9 Å². The van der Waals surface area contributed by atoms with Crippen LogP contribution < -0.4 is 0 Å². The van der Waals surface area contributed by atoms with Gasteiger partial charge in [-0.3, -0.25) is 4.79 Å². The Balaban J connectivity index is 0.00000112. The molecule has 0 radical (unpaired) electrons. The molecule has 5 aliphatic rings. The Morgan fingerprint density at radius 2 is 2.06 bits per heavy atom. The molecule has 8 atom stereocenters. The van der Waals surface area contributed by atoms with Crippen molar-refractivity contribution in [2.45, 2.75) is 82.4 Å². The minimum absolute atomic E-state index is 0.0625. The van der Waals surface area contributed by atoms with Crippen LogP contribution in [0.25, 0.3) is 0 Å². The summed E-state index contributed by atoms with van der Waals surface area (Å²) in [5.74, 6) is 2.24. The molecule has 5 rings (SSSR count). The lowest BCUT2D eigenvalue weighted by molar-refractivity contribution is -0.128. The molecule has 0 amide bonds. The van der Waals surface area contributed by atoms with Crippen LogP contribution in [0.2, 0.25) is 0 Å². The molecule has 0 N–H and O–H groups in total. The van der Waals surface area contributed by atoms with Gasteiger partial charge in [-0.1, -0.05) is 26.8 Å². The number of thioether (sulfide) groups is 1. The first-order chi connectivity index (χ1) is 14.9. The smallest absolute Gasteiger partial charge is 0.293 e. The average molecular weight is 449 g/mol. The summed E-state index contributed by atoms with van der Waals surface area (Å²) in [4.78, 5) is 10.7. The van der Waals surface area contributed by atoms with Crippen molar-refractivity contribution in [2.24, 2.45) is 23.2 Å². The predicted octanol–water partition coefficient (Wildman–Crippen LogP) is 4.20. The molecule has 2 spiro atoms. The van der Waals surface area contributed by atoms with Gasteiger partial charge in [0.1, 0.15) is 12.2 Å². The number of hydrogen-bond donors (Lipinski definition) is 0. The maximum absolute atomic E-state index is 10.7. The summed E-state index contributed by atoms with van der Waals surface area (Å²) in [6, 6.07) is 0. The molecule has 2 saturated carbocycles. The van der Waals surface area contributed by atoms with E-state index in [0.717, 1.165) is 32.1 Å². The number of terminal acetylenes is 1. The van der Waals surface area contributed by atoms with Crippen molar-refractivity contribution in [3.8, 4) is 12.8 Å². The van der Waals surface area contributed by atoms with Gasteiger partial charge in [-0.2, -0.15) is 0 Å². The number of ether oxygens (including phenoxy) is 4. The SMILES string of the molecule is C#C.CSCOC1C(C(C)C)CC2OC23C2(C)CCC=C(COC=O)CC2CC2OC213. The van der Waals surface area contributed by atoms with E-state index >= 15 is 0 Å². The fourth-order valence-electron chi connectivity index (χ4n) is 7.36. The van der Waals surface area contributed by atoms with E-state index < -0.39 is 0 Å². The molecule has 2 heterocycles. The minimum atomic E-state index is -0.268. The summed E-state index contributed by atoms with van der Waals surface area (Å²) in [6.07, 6.45) is 18.2. The molecule has 6 heteroatoms. The second kappa shape index (κ2) is 8.41. The maximum atomic E-state index is 10.7. The van der Waals surface area contributed by atoms with Gasteiger partial charge in [0.25, 0.3) is 6.47 Å². The van der Waals surface area contributed by atoms with E-state index in [4.69, 9.17) is 18.9 Å². The van der Waals surface area contributed by atoms with Crippen molar-refractivity contribution < 1.29 is 23.7 Å². The molecule has 2 aliphatic heterocycles. The van der Waals surface area contributed by atoms with Crippen LogP contribution >= 0.6 is 11.8 Å². The van der Waals surface area contributed by atoms with Crippen LogP contribution in [-0.4, -0.2) is 54.8 Å². The molecule has 0 aromatic heterocycles. The van der Waals surface area contributed by atoms with E-state index in [1.807, 2.05) is 0 Å². The molecule has 2 saturated heterocycles.